The maximum absolute atomic E-state index is 13.5. The largest absolute Gasteiger partial charge is 0.370 e. The molecule has 3 aromatic rings. The number of halogens is 1. The van der Waals surface area contributed by atoms with Gasteiger partial charge >= 0.3 is 0 Å². The number of hydrogen-bond donors (Lipinski definition) is 0. The van der Waals surface area contributed by atoms with E-state index < -0.39 is 0 Å². The standard InChI is InChI=1S/C23H23BrN2O3S2/c1-13(2)10-26-21(28)19-16-9-23(3,4)29-11-18(16)31-20(19)25-22(26)30-12-17(27)14-5-7-15(24)8-6-14/h5-8H,1,9-12H2,2-4H3. The predicted octanol–water partition coefficient (Wildman–Crippen LogP) is 5.62. The van der Waals surface area contributed by atoms with Gasteiger partial charge in [-0.3, -0.25) is 14.2 Å². The molecule has 0 bridgehead atoms. The normalized spacial score (nSPS) is 15.1. The summed E-state index contributed by atoms with van der Waals surface area (Å²) >= 11 is 6.19. The first-order chi connectivity index (χ1) is 14.6. The molecule has 0 fully saturated rings. The summed E-state index contributed by atoms with van der Waals surface area (Å²) in [5.74, 6) is 0.200. The van der Waals surface area contributed by atoms with Gasteiger partial charge < -0.3 is 4.74 Å². The third-order valence-corrected chi connectivity index (χ3v) is 7.69. The van der Waals surface area contributed by atoms with Crippen molar-refractivity contribution in [1.82, 2.24) is 9.55 Å². The van der Waals surface area contributed by atoms with Crippen molar-refractivity contribution in [2.24, 2.45) is 0 Å². The molecule has 1 aliphatic rings. The number of fused-ring (bicyclic) bond motifs is 3. The summed E-state index contributed by atoms with van der Waals surface area (Å²) in [4.78, 5) is 32.8. The second-order valence-electron chi connectivity index (χ2n) is 8.37. The summed E-state index contributed by atoms with van der Waals surface area (Å²) in [6, 6.07) is 7.27. The fraction of sp³-hybridized carbons (Fsp3) is 0.348. The van der Waals surface area contributed by atoms with Crippen LogP contribution in [-0.4, -0.2) is 26.7 Å². The van der Waals surface area contributed by atoms with Crippen LogP contribution in [0.15, 0.2) is 50.8 Å². The first-order valence-electron chi connectivity index (χ1n) is 9.89. The molecule has 31 heavy (non-hydrogen) atoms. The molecular weight excluding hydrogens is 496 g/mol. The highest BCUT2D eigenvalue weighted by Gasteiger charge is 2.31. The van der Waals surface area contributed by atoms with Gasteiger partial charge in [-0.15, -0.1) is 11.3 Å². The summed E-state index contributed by atoms with van der Waals surface area (Å²) in [5.41, 5.74) is 2.17. The van der Waals surface area contributed by atoms with Crippen molar-refractivity contribution in [3.8, 4) is 0 Å². The van der Waals surface area contributed by atoms with Crippen molar-refractivity contribution >= 4 is 55.0 Å². The molecule has 8 heteroatoms. The van der Waals surface area contributed by atoms with Crippen LogP contribution in [0.2, 0.25) is 0 Å². The number of hydrogen-bond acceptors (Lipinski definition) is 6. The molecule has 1 aromatic carbocycles. The number of carbonyl (C=O) groups is 1. The van der Waals surface area contributed by atoms with Gasteiger partial charge in [0.2, 0.25) is 0 Å². The molecule has 0 radical (unpaired) electrons. The van der Waals surface area contributed by atoms with E-state index in [0.29, 0.717) is 40.5 Å². The lowest BCUT2D eigenvalue weighted by atomic mass is 9.94. The number of thiophene rings is 1. The highest BCUT2D eigenvalue weighted by atomic mass is 79.9. The minimum Gasteiger partial charge on any atom is -0.370 e. The third-order valence-electron chi connectivity index (χ3n) is 5.08. The molecule has 1 aliphatic heterocycles. The second-order valence-corrected chi connectivity index (χ2v) is 11.3. The van der Waals surface area contributed by atoms with Crippen LogP contribution in [0.4, 0.5) is 0 Å². The van der Waals surface area contributed by atoms with Crippen LogP contribution in [0.1, 0.15) is 41.6 Å². The SMILES string of the molecule is C=C(C)Cn1c(SCC(=O)c2ccc(Br)cc2)nc2sc3c(c2c1=O)CC(C)(C)OC3. The van der Waals surface area contributed by atoms with Gasteiger partial charge in [0.1, 0.15) is 4.83 Å². The Morgan fingerprint density at radius 2 is 2.06 bits per heavy atom. The smallest absolute Gasteiger partial charge is 0.263 e. The van der Waals surface area contributed by atoms with Crippen LogP contribution in [0.25, 0.3) is 10.2 Å². The maximum Gasteiger partial charge on any atom is 0.263 e. The molecule has 162 valence electrons. The van der Waals surface area contributed by atoms with Crippen molar-refractivity contribution in [3.63, 3.8) is 0 Å². The van der Waals surface area contributed by atoms with Crippen LogP contribution >= 0.6 is 39.0 Å². The van der Waals surface area contributed by atoms with Gasteiger partial charge in [0.15, 0.2) is 10.9 Å². The van der Waals surface area contributed by atoms with Gasteiger partial charge in [-0.05, 0) is 38.5 Å². The zero-order chi connectivity index (χ0) is 22.3. The third kappa shape index (κ3) is 4.72. The van der Waals surface area contributed by atoms with Crippen molar-refractivity contribution in [2.45, 2.75) is 51.1 Å². The van der Waals surface area contributed by atoms with E-state index in [-0.39, 0.29) is 22.7 Å². The number of aromatic nitrogens is 2. The topological polar surface area (TPSA) is 61.2 Å². The molecule has 0 spiro atoms. The molecule has 0 saturated heterocycles. The summed E-state index contributed by atoms with van der Waals surface area (Å²) < 4.78 is 8.51. The molecule has 3 heterocycles. The van der Waals surface area contributed by atoms with Crippen LogP contribution in [0.5, 0.6) is 0 Å². The monoisotopic (exact) mass is 518 g/mol. The minimum atomic E-state index is -0.308. The lowest BCUT2D eigenvalue weighted by molar-refractivity contribution is -0.0379. The van der Waals surface area contributed by atoms with Crippen LogP contribution in [0, 0.1) is 0 Å². The average Bonchev–Trinajstić information content (AvgIpc) is 3.05. The average molecular weight is 519 g/mol. The van der Waals surface area contributed by atoms with Crippen LogP contribution in [0.3, 0.4) is 0 Å². The number of carbonyl (C=O) groups excluding carboxylic acids is 1. The van der Waals surface area contributed by atoms with E-state index in [0.717, 1.165) is 20.5 Å². The van der Waals surface area contributed by atoms with E-state index in [2.05, 4.69) is 22.5 Å². The quantitative estimate of drug-likeness (QED) is 0.183. The van der Waals surface area contributed by atoms with Crippen molar-refractivity contribution in [3.05, 3.63) is 67.2 Å². The lowest BCUT2D eigenvalue weighted by Gasteiger charge is -2.29. The van der Waals surface area contributed by atoms with Gasteiger partial charge in [0.25, 0.3) is 5.56 Å². The number of ether oxygens (including phenoxy) is 1. The summed E-state index contributed by atoms with van der Waals surface area (Å²) in [5, 5.41) is 1.23. The molecule has 0 atom stereocenters. The first kappa shape index (κ1) is 22.5. The Balaban J connectivity index is 1.72. The molecule has 2 aromatic heterocycles. The van der Waals surface area contributed by atoms with Crippen LogP contribution in [-0.2, 0) is 24.3 Å². The number of rotatable bonds is 6. The Bertz CT molecular complexity index is 1240. The molecule has 0 saturated carbocycles. The van der Waals surface area contributed by atoms with E-state index in [4.69, 9.17) is 9.72 Å². The summed E-state index contributed by atoms with van der Waals surface area (Å²) in [6.07, 6.45) is 0.681. The zero-order valence-corrected chi connectivity index (χ0v) is 20.9. The van der Waals surface area contributed by atoms with Crippen molar-refractivity contribution in [1.29, 1.82) is 0 Å². The molecule has 5 nitrogen and oxygen atoms in total. The highest BCUT2D eigenvalue weighted by Crippen LogP contribution is 2.37. The lowest BCUT2D eigenvalue weighted by Crippen LogP contribution is -2.32. The summed E-state index contributed by atoms with van der Waals surface area (Å²) in [7, 11) is 0. The van der Waals surface area contributed by atoms with Gasteiger partial charge in [-0.1, -0.05) is 52.0 Å². The zero-order valence-electron chi connectivity index (χ0n) is 17.7. The first-order valence-corrected chi connectivity index (χ1v) is 12.5. The predicted molar refractivity (Wildman–Crippen MR) is 130 cm³/mol. The number of allylic oxidation sites excluding steroid dienone is 1. The van der Waals surface area contributed by atoms with E-state index in [9.17, 15) is 9.59 Å². The van der Waals surface area contributed by atoms with Gasteiger partial charge in [0, 0.05) is 27.9 Å². The fourth-order valence-corrected chi connectivity index (χ4v) is 5.88. The van der Waals surface area contributed by atoms with E-state index >= 15 is 0 Å². The molecule has 0 aliphatic carbocycles. The fourth-order valence-electron chi connectivity index (χ4n) is 3.58. The van der Waals surface area contributed by atoms with Gasteiger partial charge in [0.05, 0.1) is 23.3 Å². The Kier molecular flexibility index (Phi) is 6.27. The van der Waals surface area contributed by atoms with Crippen molar-refractivity contribution < 1.29 is 9.53 Å². The molecule has 0 unspecified atom stereocenters. The molecular formula is C23H23BrN2O3S2. The number of Topliss-reactive ketones (excluding diaryl/α,β-unsaturated/α-hetero) is 1. The van der Waals surface area contributed by atoms with E-state index in [1.165, 1.54) is 23.1 Å². The number of nitrogens with zero attached hydrogens (tertiary/aromatic N) is 2. The van der Waals surface area contributed by atoms with Gasteiger partial charge in [-0.25, -0.2) is 4.98 Å². The van der Waals surface area contributed by atoms with Crippen molar-refractivity contribution in [2.75, 3.05) is 5.75 Å². The number of ketones is 1. The summed E-state index contributed by atoms with van der Waals surface area (Å²) in [6.45, 7) is 10.8. The molecule has 0 N–H and O–H groups in total. The number of benzene rings is 1. The Morgan fingerprint density at radius 1 is 1.35 bits per heavy atom. The maximum atomic E-state index is 13.5. The Labute approximate surface area is 197 Å². The van der Waals surface area contributed by atoms with E-state index in [1.807, 2.05) is 32.9 Å². The molecule has 0 amide bonds. The minimum absolute atomic E-state index is 0.00524. The van der Waals surface area contributed by atoms with Crippen LogP contribution < -0.4 is 5.56 Å². The second kappa shape index (κ2) is 8.65. The Morgan fingerprint density at radius 3 is 2.74 bits per heavy atom. The highest BCUT2D eigenvalue weighted by molar-refractivity contribution is 9.10. The van der Waals surface area contributed by atoms with Gasteiger partial charge in [-0.2, -0.15) is 0 Å². The van der Waals surface area contributed by atoms with E-state index in [1.54, 1.807) is 16.7 Å². The Hall–Kier alpha value is -1.74. The number of thioether (sulfide) groups is 1. The molecule has 4 rings (SSSR count).